The third-order valence-electron chi connectivity index (χ3n) is 9.75. The lowest BCUT2D eigenvalue weighted by molar-refractivity contribution is 0.259. The van der Waals surface area contributed by atoms with Crippen LogP contribution in [0.5, 0.6) is 34.5 Å². The first-order chi connectivity index (χ1) is 23.2. The van der Waals surface area contributed by atoms with Crippen LogP contribution in [0.4, 0.5) is 5.69 Å². The molecule has 0 saturated heterocycles. The number of methoxy groups -OCH3 is 4. The molecule has 8 heteroatoms. The molecule has 3 atom stereocenters. The van der Waals surface area contributed by atoms with Gasteiger partial charge in [0.05, 0.1) is 59.2 Å². The Morgan fingerprint density at radius 3 is 1.98 bits per heavy atom. The van der Waals surface area contributed by atoms with E-state index in [2.05, 4.69) is 69.0 Å². The molecule has 3 aromatic carbocycles. The zero-order chi connectivity index (χ0) is 35.0. The van der Waals surface area contributed by atoms with Crippen molar-refractivity contribution in [2.24, 2.45) is 11.8 Å². The van der Waals surface area contributed by atoms with E-state index in [1.165, 1.54) is 0 Å². The molecule has 4 rings (SSSR count). The number of ether oxygens (including phenoxy) is 6. The molecule has 0 N–H and O–H groups in total. The highest BCUT2D eigenvalue weighted by Gasteiger charge is 2.44. The summed E-state index contributed by atoms with van der Waals surface area (Å²) in [5.41, 5.74) is 3.59. The summed E-state index contributed by atoms with van der Waals surface area (Å²) < 4.78 is 35.9. The van der Waals surface area contributed by atoms with Crippen LogP contribution in [0.2, 0.25) is 0 Å². The molecule has 1 heterocycles. The number of anilines is 1. The second kappa shape index (κ2) is 16.2. The smallest absolute Gasteiger partial charge is 0.207 e. The van der Waals surface area contributed by atoms with Gasteiger partial charge in [-0.3, -0.25) is 0 Å². The maximum absolute atomic E-state index is 10.8. The van der Waals surface area contributed by atoms with Gasteiger partial charge in [-0.05, 0) is 81.2 Å². The van der Waals surface area contributed by atoms with Gasteiger partial charge in [-0.25, -0.2) is 0 Å². The second-order valence-corrected chi connectivity index (χ2v) is 13.0. The number of hydrogen-bond donors (Lipinski definition) is 0. The zero-order valence-corrected chi connectivity index (χ0v) is 30.5. The molecule has 3 aromatic rings. The Bertz CT molecular complexity index is 1550. The van der Waals surface area contributed by atoms with Gasteiger partial charge in [0.25, 0.3) is 0 Å². The van der Waals surface area contributed by atoms with Crippen LogP contribution in [0.25, 0.3) is 0 Å². The van der Waals surface area contributed by atoms with E-state index in [1.807, 2.05) is 32.0 Å². The van der Waals surface area contributed by atoms with Crippen molar-refractivity contribution in [3.05, 3.63) is 65.2 Å². The molecule has 0 amide bonds. The zero-order valence-electron chi connectivity index (χ0n) is 30.5. The van der Waals surface area contributed by atoms with Gasteiger partial charge in [-0.15, -0.1) is 0 Å². The number of benzene rings is 3. The minimum Gasteiger partial charge on any atom is -0.493 e. The van der Waals surface area contributed by atoms with Crippen LogP contribution in [-0.4, -0.2) is 47.7 Å². The maximum atomic E-state index is 10.8. The van der Waals surface area contributed by atoms with Crippen molar-refractivity contribution in [2.75, 3.05) is 46.6 Å². The van der Waals surface area contributed by atoms with E-state index in [0.717, 1.165) is 47.4 Å². The molecule has 48 heavy (non-hydrogen) atoms. The van der Waals surface area contributed by atoms with Gasteiger partial charge >= 0.3 is 0 Å². The van der Waals surface area contributed by atoms with Crippen LogP contribution in [0, 0.1) is 23.2 Å². The Morgan fingerprint density at radius 2 is 1.44 bits per heavy atom. The normalized spacial score (nSPS) is 16.9. The summed E-state index contributed by atoms with van der Waals surface area (Å²) in [6.07, 6.45) is 3.12. The van der Waals surface area contributed by atoms with Crippen LogP contribution in [-0.2, 0) is 11.8 Å². The molecule has 0 spiro atoms. The first-order valence-corrected chi connectivity index (χ1v) is 17.2. The topological polar surface area (TPSA) is 82.4 Å². The van der Waals surface area contributed by atoms with Crippen LogP contribution < -0.4 is 33.3 Å². The number of fused-ring (bicyclic) bond motifs is 1. The molecule has 1 aliphatic rings. The van der Waals surface area contributed by atoms with E-state index in [1.54, 1.807) is 28.4 Å². The second-order valence-electron chi connectivity index (χ2n) is 13.0. The molecule has 0 bridgehead atoms. The maximum Gasteiger partial charge on any atom is 0.207 e. The van der Waals surface area contributed by atoms with Gasteiger partial charge < -0.3 is 33.3 Å². The van der Waals surface area contributed by atoms with Gasteiger partial charge in [-0.2, -0.15) is 5.26 Å². The summed E-state index contributed by atoms with van der Waals surface area (Å²) in [7, 11) is 6.57. The summed E-state index contributed by atoms with van der Waals surface area (Å²) in [4.78, 5) is 2.57. The summed E-state index contributed by atoms with van der Waals surface area (Å²) in [6.45, 7) is 13.7. The third kappa shape index (κ3) is 6.83. The summed E-state index contributed by atoms with van der Waals surface area (Å²) in [5.74, 6) is 4.14. The third-order valence-corrected chi connectivity index (χ3v) is 9.75. The molecule has 260 valence electrons. The number of nitrogens with zero attached hydrogens (tertiary/aromatic N) is 2. The minimum atomic E-state index is -0.698. The Balaban J connectivity index is 1.85. The van der Waals surface area contributed by atoms with Crippen molar-refractivity contribution in [3.8, 4) is 40.6 Å². The molecule has 0 saturated carbocycles. The molecular formula is C40H54N2O6. The molecule has 0 radical (unpaired) electrons. The average Bonchev–Trinajstić information content (AvgIpc) is 3.10. The molecule has 0 aliphatic carbocycles. The van der Waals surface area contributed by atoms with Crippen molar-refractivity contribution in [3.63, 3.8) is 0 Å². The van der Waals surface area contributed by atoms with Gasteiger partial charge in [0.2, 0.25) is 11.5 Å². The van der Waals surface area contributed by atoms with Crippen molar-refractivity contribution < 1.29 is 28.4 Å². The fraction of sp³-hybridized carbons (Fsp3) is 0.525. The Hall–Kier alpha value is -4.25. The first-order valence-electron chi connectivity index (χ1n) is 17.2. The summed E-state index contributed by atoms with van der Waals surface area (Å²) in [5, 5.41) is 10.8. The van der Waals surface area contributed by atoms with Crippen LogP contribution in [0.1, 0.15) is 83.5 Å². The molecule has 0 fully saturated rings. The highest BCUT2D eigenvalue weighted by molar-refractivity contribution is 5.71. The molecule has 1 unspecified atom stereocenters. The molecule has 8 nitrogen and oxygen atoms in total. The molecule has 0 aromatic heterocycles. The minimum absolute atomic E-state index is 0.0293. The Morgan fingerprint density at radius 1 is 0.812 bits per heavy atom. The Labute approximate surface area is 287 Å². The van der Waals surface area contributed by atoms with Crippen molar-refractivity contribution in [1.82, 2.24) is 0 Å². The van der Waals surface area contributed by atoms with Gasteiger partial charge in [0.1, 0.15) is 0 Å². The van der Waals surface area contributed by atoms with Crippen molar-refractivity contribution in [1.29, 1.82) is 5.26 Å². The van der Waals surface area contributed by atoms with Crippen molar-refractivity contribution >= 4 is 5.69 Å². The van der Waals surface area contributed by atoms with Crippen LogP contribution in [0.3, 0.4) is 0 Å². The lowest BCUT2D eigenvalue weighted by atomic mass is 9.69. The fourth-order valence-electron chi connectivity index (χ4n) is 7.51. The van der Waals surface area contributed by atoms with Crippen LogP contribution in [0.15, 0.2) is 48.5 Å². The van der Waals surface area contributed by atoms with E-state index >= 15 is 0 Å². The van der Waals surface area contributed by atoms with E-state index in [0.29, 0.717) is 48.4 Å². The molecular weight excluding hydrogens is 604 g/mol. The number of para-hydroxylation sites is 1. The van der Waals surface area contributed by atoms with E-state index < -0.39 is 5.41 Å². The van der Waals surface area contributed by atoms with Crippen LogP contribution >= 0.6 is 0 Å². The lowest BCUT2D eigenvalue weighted by Gasteiger charge is -2.48. The van der Waals surface area contributed by atoms with Gasteiger partial charge in [0, 0.05) is 22.9 Å². The predicted octanol–water partition coefficient (Wildman–Crippen LogP) is 8.93. The largest absolute Gasteiger partial charge is 0.493 e. The molecule has 1 aliphatic heterocycles. The average molecular weight is 659 g/mol. The SMILES string of the molecule is CCOc1c2c(c(OCC)c(OC)c1OC)C(C(C)C)N(c1ccccc1)[C@H](CCC[C@](C#N)(c1ccc(OC)c(OC)c1)C(C)C)C2. The summed E-state index contributed by atoms with van der Waals surface area (Å²) in [6, 6.07) is 19.3. The first kappa shape index (κ1) is 36.6. The highest BCUT2D eigenvalue weighted by atomic mass is 16.5. The highest BCUT2D eigenvalue weighted by Crippen LogP contribution is 2.57. The van der Waals surface area contributed by atoms with E-state index in [9.17, 15) is 5.26 Å². The van der Waals surface area contributed by atoms with Crippen molar-refractivity contribution in [2.45, 2.75) is 84.7 Å². The monoisotopic (exact) mass is 658 g/mol. The van der Waals surface area contributed by atoms with E-state index in [-0.39, 0.29) is 23.9 Å². The Kier molecular flexibility index (Phi) is 12.4. The number of hydrogen-bond acceptors (Lipinski definition) is 8. The van der Waals surface area contributed by atoms with E-state index in [4.69, 9.17) is 28.4 Å². The predicted molar refractivity (Wildman–Crippen MR) is 191 cm³/mol. The number of rotatable bonds is 16. The standard InChI is InChI=1S/C40H54N2O6/c1-11-47-36-31-24-30(19-16-22-40(25-41,27(5)6)28-20-21-32(43-7)33(23-28)44-8)42(29-17-14-13-15-18-29)35(26(3)4)34(31)37(48-12-2)39(46-10)38(36)45-9/h13-15,17-18,20-21,23,26-27,30,35H,11-12,16,19,22,24H2,1-10H3/t30-,35?,40-/m1/s1. The number of nitriles is 1. The quantitative estimate of drug-likeness (QED) is 0.151. The lowest BCUT2D eigenvalue weighted by Crippen LogP contribution is -2.46. The fourth-order valence-corrected chi connectivity index (χ4v) is 7.51. The van der Waals surface area contributed by atoms with Gasteiger partial charge in [0.15, 0.2) is 23.0 Å². The van der Waals surface area contributed by atoms with Gasteiger partial charge in [-0.1, -0.05) is 52.0 Å². The summed E-state index contributed by atoms with van der Waals surface area (Å²) >= 11 is 0.